The third-order valence-electron chi connectivity index (χ3n) is 2.88. The lowest BCUT2D eigenvalue weighted by Crippen LogP contribution is -2.21. The van der Waals surface area contributed by atoms with Crippen LogP contribution in [0, 0.1) is 0 Å². The average molecular weight is 265 g/mol. The van der Waals surface area contributed by atoms with Crippen molar-refractivity contribution in [1.82, 2.24) is 0 Å². The topological polar surface area (TPSA) is 43.4 Å². The highest BCUT2D eigenvalue weighted by Crippen LogP contribution is 2.25. The second kappa shape index (κ2) is 4.94. The summed E-state index contributed by atoms with van der Waals surface area (Å²) in [5, 5.41) is 0.439. The minimum atomic E-state index is -0.262. The molecule has 0 aliphatic heterocycles. The Balaban J connectivity index is 2.38. The smallest absolute Gasteiger partial charge is 0.228 e. The third kappa shape index (κ3) is 2.31. The van der Waals surface area contributed by atoms with Gasteiger partial charge in [-0.05, 0) is 31.5 Å². The first-order valence-corrected chi connectivity index (χ1v) is 6.17. The number of hydrogen-bond donors (Lipinski definition) is 0. The molecule has 0 bridgehead atoms. The van der Waals surface area contributed by atoms with E-state index in [0.717, 1.165) is 6.42 Å². The summed E-state index contributed by atoms with van der Waals surface area (Å²) in [6.45, 7) is 3.81. The summed E-state index contributed by atoms with van der Waals surface area (Å²) in [7, 11) is 0. The number of ether oxygens (including phenoxy) is 1. The van der Waals surface area contributed by atoms with Crippen molar-refractivity contribution in [3.8, 4) is 0 Å². The lowest BCUT2D eigenvalue weighted by Gasteiger charge is -2.19. The molecule has 0 spiro atoms. The number of hydrogen-bond acceptors (Lipinski definition) is 3. The number of carbonyl (C=O) groups excluding carboxylic acids is 2. The number of benzene rings is 1. The standard InChI is InChI=1S/C14H13ClO3/c1-3-8(2)18-13-7-12(16)11-6-9(15)4-5-10(11)14(13)17/h4-8H,3H2,1-2H3. The fraction of sp³-hybridized carbons (Fsp3) is 0.286. The van der Waals surface area contributed by atoms with Gasteiger partial charge in [0, 0.05) is 22.2 Å². The van der Waals surface area contributed by atoms with Gasteiger partial charge in [-0.1, -0.05) is 18.5 Å². The number of allylic oxidation sites excluding steroid dienone is 2. The molecule has 0 aromatic heterocycles. The van der Waals surface area contributed by atoms with E-state index in [0.29, 0.717) is 16.1 Å². The SMILES string of the molecule is CCC(C)OC1=CC(=O)c2cc(Cl)ccc2C1=O. The van der Waals surface area contributed by atoms with Crippen molar-refractivity contribution in [1.29, 1.82) is 0 Å². The summed E-state index contributed by atoms with van der Waals surface area (Å²) in [5.41, 5.74) is 0.689. The number of rotatable bonds is 3. The van der Waals surface area contributed by atoms with Crippen molar-refractivity contribution in [3.05, 3.63) is 46.2 Å². The van der Waals surface area contributed by atoms with E-state index in [1.165, 1.54) is 12.1 Å². The predicted molar refractivity (Wildman–Crippen MR) is 69.0 cm³/mol. The van der Waals surface area contributed by atoms with Gasteiger partial charge in [0.15, 0.2) is 11.5 Å². The normalized spacial score (nSPS) is 16.1. The van der Waals surface area contributed by atoms with Crippen molar-refractivity contribution in [2.75, 3.05) is 0 Å². The molecule has 0 saturated carbocycles. The van der Waals surface area contributed by atoms with E-state index in [1.807, 2.05) is 13.8 Å². The first-order chi connectivity index (χ1) is 8.52. The third-order valence-corrected chi connectivity index (χ3v) is 3.12. The maximum absolute atomic E-state index is 12.1. The summed E-state index contributed by atoms with van der Waals surface area (Å²) in [4.78, 5) is 24.0. The van der Waals surface area contributed by atoms with Gasteiger partial charge in [0.1, 0.15) is 0 Å². The molecule has 1 aliphatic rings. The quantitative estimate of drug-likeness (QED) is 0.840. The Labute approximate surface area is 110 Å². The molecule has 2 rings (SSSR count). The van der Waals surface area contributed by atoms with Crippen molar-refractivity contribution >= 4 is 23.2 Å². The molecule has 0 fully saturated rings. The Hall–Kier alpha value is -1.61. The Bertz CT molecular complexity index is 546. The van der Waals surface area contributed by atoms with Crippen LogP contribution in [0.3, 0.4) is 0 Å². The molecule has 0 radical (unpaired) electrons. The zero-order valence-electron chi connectivity index (χ0n) is 10.2. The molecule has 0 saturated heterocycles. The van der Waals surface area contributed by atoms with Crippen molar-refractivity contribution in [2.24, 2.45) is 0 Å². The number of fused-ring (bicyclic) bond motifs is 1. The van der Waals surface area contributed by atoms with Crippen molar-refractivity contribution < 1.29 is 14.3 Å². The fourth-order valence-corrected chi connectivity index (χ4v) is 1.87. The summed E-state index contributed by atoms with van der Waals surface area (Å²) in [6.07, 6.45) is 1.92. The molecule has 1 aromatic carbocycles. The van der Waals surface area contributed by atoms with Crippen LogP contribution < -0.4 is 0 Å². The van der Waals surface area contributed by atoms with E-state index in [9.17, 15) is 9.59 Å². The van der Waals surface area contributed by atoms with Crippen LogP contribution in [0.5, 0.6) is 0 Å². The summed E-state index contributed by atoms with van der Waals surface area (Å²) in [6, 6.07) is 4.66. The second-order valence-electron chi connectivity index (χ2n) is 4.23. The predicted octanol–water partition coefficient (Wildman–Crippen LogP) is 3.42. The number of halogens is 1. The lowest BCUT2D eigenvalue weighted by molar-refractivity contribution is 0.0774. The van der Waals surface area contributed by atoms with Gasteiger partial charge in [-0.25, -0.2) is 0 Å². The van der Waals surface area contributed by atoms with Crippen LogP contribution in [-0.4, -0.2) is 17.7 Å². The monoisotopic (exact) mass is 264 g/mol. The number of Topliss-reactive ketones (excluding diaryl/α,β-unsaturated/α-hetero) is 1. The fourth-order valence-electron chi connectivity index (χ4n) is 1.70. The van der Waals surface area contributed by atoms with Gasteiger partial charge >= 0.3 is 0 Å². The Morgan fingerprint density at radius 3 is 2.67 bits per heavy atom. The van der Waals surface area contributed by atoms with Gasteiger partial charge in [-0.15, -0.1) is 0 Å². The molecule has 1 unspecified atom stereocenters. The van der Waals surface area contributed by atoms with Gasteiger partial charge in [0.05, 0.1) is 6.10 Å². The van der Waals surface area contributed by atoms with Crippen LogP contribution >= 0.6 is 11.6 Å². The first-order valence-electron chi connectivity index (χ1n) is 5.80. The number of ketones is 2. The molecule has 94 valence electrons. The van der Waals surface area contributed by atoms with E-state index < -0.39 is 0 Å². The van der Waals surface area contributed by atoms with E-state index in [4.69, 9.17) is 16.3 Å². The van der Waals surface area contributed by atoms with Gasteiger partial charge in [-0.2, -0.15) is 0 Å². The highest BCUT2D eigenvalue weighted by molar-refractivity contribution is 6.32. The summed E-state index contributed by atoms with van der Waals surface area (Å²) in [5.74, 6) is -0.392. The zero-order valence-corrected chi connectivity index (χ0v) is 11.0. The Kier molecular flexibility index (Phi) is 3.53. The average Bonchev–Trinajstić information content (AvgIpc) is 2.35. The molecule has 1 aromatic rings. The minimum absolute atomic E-state index is 0.0955. The van der Waals surface area contributed by atoms with E-state index in [-0.39, 0.29) is 23.4 Å². The Morgan fingerprint density at radius 2 is 2.00 bits per heavy atom. The van der Waals surface area contributed by atoms with Crippen LogP contribution in [0.4, 0.5) is 0 Å². The van der Waals surface area contributed by atoms with Crippen LogP contribution in [-0.2, 0) is 4.74 Å². The molecule has 18 heavy (non-hydrogen) atoms. The summed E-state index contributed by atoms with van der Waals surface area (Å²) < 4.78 is 5.47. The van der Waals surface area contributed by atoms with E-state index in [1.54, 1.807) is 12.1 Å². The van der Waals surface area contributed by atoms with Gasteiger partial charge in [0.25, 0.3) is 0 Å². The molecule has 4 heteroatoms. The lowest BCUT2D eigenvalue weighted by atomic mass is 9.93. The van der Waals surface area contributed by atoms with Crippen LogP contribution in [0.2, 0.25) is 5.02 Å². The molecular weight excluding hydrogens is 252 g/mol. The van der Waals surface area contributed by atoms with Gasteiger partial charge in [0.2, 0.25) is 5.78 Å². The summed E-state index contributed by atoms with van der Waals surface area (Å²) >= 11 is 5.82. The van der Waals surface area contributed by atoms with Crippen LogP contribution in [0.15, 0.2) is 30.0 Å². The minimum Gasteiger partial charge on any atom is -0.486 e. The highest BCUT2D eigenvalue weighted by Gasteiger charge is 2.27. The molecule has 0 heterocycles. The first kappa shape index (κ1) is 12.8. The van der Waals surface area contributed by atoms with E-state index >= 15 is 0 Å². The zero-order chi connectivity index (χ0) is 13.3. The molecule has 1 aliphatic carbocycles. The van der Waals surface area contributed by atoms with Crippen molar-refractivity contribution in [3.63, 3.8) is 0 Å². The molecule has 0 amide bonds. The second-order valence-corrected chi connectivity index (χ2v) is 4.67. The molecule has 3 nitrogen and oxygen atoms in total. The maximum atomic E-state index is 12.1. The van der Waals surface area contributed by atoms with Crippen LogP contribution in [0.25, 0.3) is 0 Å². The molecule has 0 N–H and O–H groups in total. The van der Waals surface area contributed by atoms with E-state index in [2.05, 4.69) is 0 Å². The van der Waals surface area contributed by atoms with Gasteiger partial charge < -0.3 is 4.74 Å². The number of carbonyl (C=O) groups is 2. The largest absolute Gasteiger partial charge is 0.486 e. The molecular formula is C14H13ClO3. The molecule has 1 atom stereocenters. The van der Waals surface area contributed by atoms with Crippen molar-refractivity contribution in [2.45, 2.75) is 26.4 Å². The van der Waals surface area contributed by atoms with Gasteiger partial charge in [-0.3, -0.25) is 9.59 Å². The Morgan fingerprint density at radius 1 is 1.28 bits per heavy atom. The highest BCUT2D eigenvalue weighted by atomic mass is 35.5. The van der Waals surface area contributed by atoms with Crippen LogP contribution in [0.1, 0.15) is 41.0 Å². The maximum Gasteiger partial charge on any atom is 0.228 e.